The third-order valence-electron chi connectivity index (χ3n) is 5.30. The molecule has 1 heterocycles. The molecule has 0 spiro atoms. The normalized spacial score (nSPS) is 15.3. The average Bonchev–Trinajstić information content (AvgIpc) is 2.80. The number of ether oxygens (including phenoxy) is 2. The van der Waals surface area contributed by atoms with Gasteiger partial charge in [0.1, 0.15) is 11.6 Å². The second-order valence-electron chi connectivity index (χ2n) is 7.40. The summed E-state index contributed by atoms with van der Waals surface area (Å²) in [5, 5.41) is 2.94. The Hall–Kier alpha value is -2.77. The molecule has 1 amide bonds. The molecular weight excluding hydrogens is 399 g/mol. The maximum absolute atomic E-state index is 13.3. The van der Waals surface area contributed by atoms with Crippen LogP contribution in [0.25, 0.3) is 0 Å². The standard InChI is InChI=1S/C24H29FN2O4/c1-2-31-21-9-5-19(6-10-21)23(28)11-12-24(29)26-17-22(27-13-15-30-16-14-27)18-3-7-20(25)8-4-18/h3-10,22H,2,11-17H2,1H3,(H,26,29)/t22-/m0/s1. The molecule has 2 aromatic rings. The number of amides is 1. The Labute approximate surface area is 182 Å². The summed E-state index contributed by atoms with van der Waals surface area (Å²) >= 11 is 0. The van der Waals surface area contributed by atoms with Crippen molar-refractivity contribution < 1.29 is 23.5 Å². The van der Waals surface area contributed by atoms with Crippen LogP contribution < -0.4 is 10.1 Å². The minimum absolute atomic E-state index is 0.0738. The molecule has 0 aliphatic carbocycles. The minimum atomic E-state index is -0.290. The fourth-order valence-electron chi connectivity index (χ4n) is 3.61. The van der Waals surface area contributed by atoms with E-state index in [0.29, 0.717) is 37.7 Å². The Morgan fingerprint density at radius 2 is 1.74 bits per heavy atom. The van der Waals surface area contributed by atoms with Crippen LogP contribution in [0, 0.1) is 5.82 Å². The van der Waals surface area contributed by atoms with E-state index in [4.69, 9.17) is 9.47 Å². The Morgan fingerprint density at radius 3 is 2.39 bits per heavy atom. The number of Topliss-reactive ketones (excluding diaryl/α,β-unsaturated/α-hetero) is 1. The molecule has 6 nitrogen and oxygen atoms in total. The molecule has 3 rings (SSSR count). The molecule has 1 atom stereocenters. The number of nitrogens with one attached hydrogen (secondary N) is 1. The molecule has 1 aliphatic rings. The summed E-state index contributed by atoms with van der Waals surface area (Å²) < 4.78 is 24.1. The first-order valence-electron chi connectivity index (χ1n) is 10.7. The van der Waals surface area contributed by atoms with Crippen LogP contribution in [0.1, 0.15) is 41.7 Å². The molecule has 0 radical (unpaired) electrons. The summed E-state index contributed by atoms with van der Waals surface area (Å²) in [5.41, 5.74) is 1.50. The van der Waals surface area contributed by atoms with Gasteiger partial charge in [-0.25, -0.2) is 4.39 Å². The molecular formula is C24H29FN2O4. The SMILES string of the molecule is CCOc1ccc(C(=O)CCC(=O)NC[C@@H](c2ccc(F)cc2)N2CCOCC2)cc1. The van der Waals surface area contributed by atoms with E-state index in [2.05, 4.69) is 10.2 Å². The number of rotatable bonds is 10. The van der Waals surface area contributed by atoms with Crippen molar-refractivity contribution in [3.05, 3.63) is 65.5 Å². The quantitative estimate of drug-likeness (QED) is 0.588. The first-order valence-corrected chi connectivity index (χ1v) is 10.7. The molecule has 1 N–H and O–H groups in total. The zero-order valence-corrected chi connectivity index (χ0v) is 17.8. The molecule has 0 unspecified atom stereocenters. The van der Waals surface area contributed by atoms with Crippen molar-refractivity contribution in [1.82, 2.24) is 10.2 Å². The lowest BCUT2D eigenvalue weighted by molar-refractivity contribution is -0.121. The fraction of sp³-hybridized carbons (Fsp3) is 0.417. The maximum Gasteiger partial charge on any atom is 0.220 e. The van der Waals surface area contributed by atoms with E-state index in [1.807, 2.05) is 6.92 Å². The van der Waals surface area contributed by atoms with Crippen LogP contribution in [-0.2, 0) is 9.53 Å². The molecule has 1 saturated heterocycles. The Kier molecular flexibility index (Phi) is 8.55. The van der Waals surface area contributed by atoms with Crippen LogP contribution in [0.4, 0.5) is 4.39 Å². The summed E-state index contributed by atoms with van der Waals surface area (Å²) in [6.45, 7) is 5.60. The van der Waals surface area contributed by atoms with Crippen LogP contribution in [0.2, 0.25) is 0 Å². The van der Waals surface area contributed by atoms with Gasteiger partial charge in [0.25, 0.3) is 0 Å². The van der Waals surface area contributed by atoms with Crippen LogP contribution in [0.3, 0.4) is 0 Å². The number of nitrogens with zero attached hydrogens (tertiary/aromatic N) is 1. The van der Waals surface area contributed by atoms with Crippen molar-refractivity contribution in [2.75, 3.05) is 39.5 Å². The van der Waals surface area contributed by atoms with Gasteiger partial charge < -0.3 is 14.8 Å². The van der Waals surface area contributed by atoms with E-state index < -0.39 is 0 Å². The van der Waals surface area contributed by atoms with Gasteiger partial charge in [-0.15, -0.1) is 0 Å². The predicted molar refractivity (Wildman–Crippen MR) is 116 cm³/mol. The van der Waals surface area contributed by atoms with Gasteiger partial charge in [-0.3, -0.25) is 14.5 Å². The van der Waals surface area contributed by atoms with Crippen LogP contribution in [0.15, 0.2) is 48.5 Å². The minimum Gasteiger partial charge on any atom is -0.494 e. The monoisotopic (exact) mass is 428 g/mol. The molecule has 0 saturated carbocycles. The average molecular weight is 429 g/mol. The molecule has 0 bridgehead atoms. The van der Waals surface area contributed by atoms with Crippen LogP contribution in [-0.4, -0.2) is 56.0 Å². The number of carbonyl (C=O) groups excluding carboxylic acids is 2. The zero-order valence-electron chi connectivity index (χ0n) is 17.8. The molecule has 0 aromatic heterocycles. The van der Waals surface area contributed by atoms with Gasteiger partial charge in [-0.05, 0) is 48.9 Å². The molecule has 7 heteroatoms. The number of benzene rings is 2. The number of morpholine rings is 1. The van der Waals surface area contributed by atoms with Crippen molar-refractivity contribution in [3.63, 3.8) is 0 Å². The van der Waals surface area contributed by atoms with Gasteiger partial charge in [0.15, 0.2) is 5.78 Å². The number of hydrogen-bond donors (Lipinski definition) is 1. The van der Waals surface area contributed by atoms with Gasteiger partial charge in [0, 0.05) is 38.0 Å². The van der Waals surface area contributed by atoms with Crippen molar-refractivity contribution in [2.24, 2.45) is 0 Å². The van der Waals surface area contributed by atoms with E-state index in [9.17, 15) is 14.0 Å². The largest absolute Gasteiger partial charge is 0.494 e. The van der Waals surface area contributed by atoms with E-state index in [1.54, 1.807) is 36.4 Å². The Balaban J connectivity index is 1.52. The summed E-state index contributed by atoms with van der Waals surface area (Å²) in [4.78, 5) is 27.0. The number of halogens is 1. The van der Waals surface area contributed by atoms with Gasteiger partial charge in [-0.2, -0.15) is 0 Å². The van der Waals surface area contributed by atoms with Crippen molar-refractivity contribution >= 4 is 11.7 Å². The first-order chi connectivity index (χ1) is 15.1. The van der Waals surface area contributed by atoms with Crippen LogP contribution >= 0.6 is 0 Å². The highest BCUT2D eigenvalue weighted by molar-refractivity contribution is 5.98. The second kappa shape index (κ2) is 11.6. The number of ketones is 1. The fourth-order valence-corrected chi connectivity index (χ4v) is 3.61. The molecule has 1 aliphatic heterocycles. The van der Waals surface area contributed by atoms with E-state index in [-0.39, 0.29) is 36.4 Å². The first kappa shape index (κ1) is 22.9. The number of carbonyl (C=O) groups is 2. The van der Waals surface area contributed by atoms with E-state index in [0.717, 1.165) is 18.7 Å². The zero-order chi connectivity index (χ0) is 22.1. The lowest BCUT2D eigenvalue weighted by atomic mass is 10.0. The topological polar surface area (TPSA) is 67.9 Å². The summed E-state index contributed by atoms with van der Waals surface area (Å²) in [5.74, 6) is 0.161. The summed E-state index contributed by atoms with van der Waals surface area (Å²) in [6, 6.07) is 13.2. The summed E-state index contributed by atoms with van der Waals surface area (Å²) in [6.07, 6.45) is 0.254. The van der Waals surface area contributed by atoms with E-state index >= 15 is 0 Å². The van der Waals surface area contributed by atoms with Gasteiger partial charge in [0.05, 0.1) is 25.9 Å². The van der Waals surface area contributed by atoms with Gasteiger partial charge in [-0.1, -0.05) is 12.1 Å². The Bertz CT molecular complexity index is 849. The van der Waals surface area contributed by atoms with E-state index in [1.165, 1.54) is 12.1 Å². The van der Waals surface area contributed by atoms with Crippen molar-refractivity contribution in [1.29, 1.82) is 0 Å². The third-order valence-corrected chi connectivity index (χ3v) is 5.30. The van der Waals surface area contributed by atoms with Crippen LogP contribution in [0.5, 0.6) is 5.75 Å². The summed E-state index contributed by atoms with van der Waals surface area (Å²) in [7, 11) is 0. The lowest BCUT2D eigenvalue weighted by Gasteiger charge is -2.35. The highest BCUT2D eigenvalue weighted by Crippen LogP contribution is 2.22. The van der Waals surface area contributed by atoms with Crippen molar-refractivity contribution in [3.8, 4) is 5.75 Å². The maximum atomic E-state index is 13.3. The molecule has 166 valence electrons. The second-order valence-corrected chi connectivity index (χ2v) is 7.40. The third kappa shape index (κ3) is 6.87. The number of hydrogen-bond acceptors (Lipinski definition) is 5. The Morgan fingerprint density at radius 1 is 1.06 bits per heavy atom. The molecule has 31 heavy (non-hydrogen) atoms. The molecule has 1 fully saturated rings. The van der Waals surface area contributed by atoms with Gasteiger partial charge >= 0.3 is 0 Å². The predicted octanol–water partition coefficient (Wildman–Crippen LogP) is 3.38. The highest BCUT2D eigenvalue weighted by atomic mass is 19.1. The molecule has 2 aromatic carbocycles. The van der Waals surface area contributed by atoms with Crippen molar-refractivity contribution in [2.45, 2.75) is 25.8 Å². The lowest BCUT2D eigenvalue weighted by Crippen LogP contribution is -2.43. The smallest absolute Gasteiger partial charge is 0.220 e. The highest BCUT2D eigenvalue weighted by Gasteiger charge is 2.23. The van der Waals surface area contributed by atoms with Gasteiger partial charge in [0.2, 0.25) is 5.91 Å².